The second-order valence-electron chi connectivity index (χ2n) is 11.4. The maximum absolute atomic E-state index is 13.9. The maximum Gasteiger partial charge on any atom is 0.406 e. The lowest BCUT2D eigenvalue weighted by molar-refractivity contribution is -0.139. The first-order chi connectivity index (χ1) is 21.1. The Labute approximate surface area is 254 Å². The molecular weight excluding hydrogens is 625 g/mol. The number of rotatable bonds is 7. The first-order valence-electron chi connectivity index (χ1n) is 14.1. The molecule has 0 aliphatic carbocycles. The van der Waals surface area contributed by atoms with Gasteiger partial charge in [-0.3, -0.25) is 9.20 Å². The number of methoxy groups -OCH3 is 1. The number of ether oxygens (including phenoxy) is 1. The number of piperidine rings is 1. The van der Waals surface area contributed by atoms with Gasteiger partial charge in [-0.2, -0.15) is 26.3 Å². The van der Waals surface area contributed by atoms with E-state index in [9.17, 15) is 35.2 Å². The third kappa shape index (κ3) is 5.34. The molecule has 242 valence electrons. The first kappa shape index (κ1) is 31.0. The fraction of sp³-hybridized carbons (Fsp3) is 0.464. The Morgan fingerprint density at radius 2 is 1.84 bits per heavy atom. The quantitative estimate of drug-likeness (QED) is 0.232. The molecule has 0 radical (unpaired) electrons. The van der Waals surface area contributed by atoms with Crippen LogP contribution in [0.15, 0.2) is 30.3 Å². The summed E-state index contributed by atoms with van der Waals surface area (Å²) in [6.07, 6.45) is -0.926. The molecule has 6 heterocycles. The normalized spacial score (nSPS) is 20.5. The van der Waals surface area contributed by atoms with Crippen molar-refractivity contribution in [3.8, 4) is 17.3 Å². The van der Waals surface area contributed by atoms with Gasteiger partial charge >= 0.3 is 12.7 Å². The lowest BCUT2D eigenvalue weighted by Gasteiger charge is -2.38. The molecule has 2 bridgehead atoms. The summed E-state index contributed by atoms with van der Waals surface area (Å²) in [5, 5.41) is 0.136. The molecule has 2 saturated heterocycles. The monoisotopic (exact) mass is 655 g/mol. The van der Waals surface area contributed by atoms with Gasteiger partial charge in [0.05, 0.1) is 24.8 Å². The van der Waals surface area contributed by atoms with Crippen LogP contribution in [0.5, 0.6) is 5.88 Å². The number of anilines is 1. The molecule has 45 heavy (non-hydrogen) atoms. The van der Waals surface area contributed by atoms with Crippen molar-refractivity contribution >= 4 is 38.4 Å². The van der Waals surface area contributed by atoms with Crippen molar-refractivity contribution in [1.29, 1.82) is 0 Å². The van der Waals surface area contributed by atoms with E-state index in [1.807, 2.05) is 4.90 Å². The second-order valence-corrected chi connectivity index (χ2v) is 13.3. The molecule has 11 nitrogen and oxygen atoms in total. The Morgan fingerprint density at radius 3 is 2.49 bits per heavy atom. The molecule has 1 amide bonds. The van der Waals surface area contributed by atoms with Gasteiger partial charge in [-0.1, -0.05) is 0 Å². The molecule has 0 saturated carbocycles. The predicted octanol–water partition coefficient (Wildman–Crippen LogP) is 4.31. The van der Waals surface area contributed by atoms with E-state index in [4.69, 9.17) is 10.5 Å². The van der Waals surface area contributed by atoms with Crippen LogP contribution in [0.1, 0.15) is 41.7 Å². The standard InChI is InChI=1S/C28H30F5N7O4S/c1-14-24(20-10-15-4-9-21(40(27(29)30)45(3,42)43)36-25(15)37(20)13-28(31,32)33)35-22-11-16(12-23(44-2)38(14)22)26(41)39-17-5-7-18(34)19(39)8-6-17/h4,9-12,17-19,27H,5-8,13,34H2,1-3H3/t17-,18-,19-/m1/s1. The number of pyridine rings is 2. The van der Waals surface area contributed by atoms with E-state index in [0.29, 0.717) is 11.9 Å². The zero-order valence-corrected chi connectivity index (χ0v) is 25.2. The largest absolute Gasteiger partial charge is 0.482 e. The van der Waals surface area contributed by atoms with Gasteiger partial charge in [0, 0.05) is 35.1 Å². The summed E-state index contributed by atoms with van der Waals surface area (Å²) in [6, 6.07) is 6.52. The van der Waals surface area contributed by atoms with Crippen molar-refractivity contribution in [2.45, 2.75) is 70.0 Å². The number of hydrogen-bond acceptors (Lipinski definition) is 7. The molecule has 0 aromatic carbocycles. The van der Waals surface area contributed by atoms with Crippen molar-refractivity contribution in [3.05, 3.63) is 41.6 Å². The summed E-state index contributed by atoms with van der Waals surface area (Å²) in [7, 11) is -3.12. The van der Waals surface area contributed by atoms with E-state index in [-0.39, 0.29) is 67.8 Å². The topological polar surface area (TPSA) is 128 Å². The average Bonchev–Trinajstić information content (AvgIpc) is 3.58. The molecule has 4 aromatic heterocycles. The van der Waals surface area contributed by atoms with Crippen molar-refractivity contribution < 1.29 is 39.9 Å². The Bertz CT molecular complexity index is 1920. The molecular formula is C28H30F5N7O4S. The third-order valence-electron chi connectivity index (χ3n) is 8.55. The summed E-state index contributed by atoms with van der Waals surface area (Å²) in [5.74, 6) is -0.755. The summed E-state index contributed by atoms with van der Waals surface area (Å²) in [6.45, 7) is -3.47. The van der Waals surface area contributed by atoms with Crippen LogP contribution in [0.25, 0.3) is 28.1 Å². The molecule has 2 N–H and O–H groups in total. The number of hydrogen-bond donors (Lipinski definition) is 1. The number of amides is 1. The van der Waals surface area contributed by atoms with Gasteiger partial charge in [-0.15, -0.1) is 0 Å². The first-order valence-corrected chi connectivity index (χ1v) is 15.9. The highest BCUT2D eigenvalue weighted by Gasteiger charge is 2.44. The van der Waals surface area contributed by atoms with Gasteiger partial charge in [0.25, 0.3) is 5.91 Å². The number of aromatic nitrogens is 4. The second kappa shape index (κ2) is 10.8. The predicted molar refractivity (Wildman–Crippen MR) is 155 cm³/mol. The zero-order valence-electron chi connectivity index (χ0n) is 24.4. The van der Waals surface area contributed by atoms with E-state index in [0.717, 1.165) is 36.3 Å². The highest BCUT2D eigenvalue weighted by Crippen LogP contribution is 2.38. The van der Waals surface area contributed by atoms with Crippen LogP contribution in [-0.2, 0) is 16.6 Å². The van der Waals surface area contributed by atoms with E-state index in [1.165, 1.54) is 19.2 Å². The number of alkyl halides is 5. The van der Waals surface area contributed by atoms with Crippen LogP contribution in [0.3, 0.4) is 0 Å². The molecule has 0 unspecified atom stereocenters. The van der Waals surface area contributed by atoms with Gasteiger partial charge in [0.15, 0.2) is 5.88 Å². The van der Waals surface area contributed by atoms with Crippen LogP contribution in [0.4, 0.5) is 27.8 Å². The fourth-order valence-electron chi connectivity index (χ4n) is 6.64. The Balaban J connectivity index is 1.51. The van der Waals surface area contributed by atoms with Gasteiger partial charge < -0.3 is 19.9 Å². The molecule has 3 atom stereocenters. The Morgan fingerprint density at radius 1 is 1.13 bits per heavy atom. The number of imidazole rings is 1. The van der Waals surface area contributed by atoms with Crippen molar-refractivity contribution in [1.82, 2.24) is 23.8 Å². The summed E-state index contributed by atoms with van der Waals surface area (Å²) in [4.78, 5) is 24.1. The van der Waals surface area contributed by atoms with E-state index >= 15 is 0 Å². The van der Waals surface area contributed by atoms with Gasteiger partial charge in [-0.25, -0.2) is 18.4 Å². The summed E-state index contributed by atoms with van der Waals surface area (Å²) < 4.78 is 101. The van der Waals surface area contributed by atoms with Gasteiger partial charge in [-0.05, 0) is 56.9 Å². The minimum atomic E-state index is -4.77. The molecule has 6 rings (SSSR count). The van der Waals surface area contributed by atoms with Gasteiger partial charge in [0.1, 0.15) is 29.4 Å². The molecule has 2 aliphatic rings. The SMILES string of the molecule is COc1cc(C(=O)N2[C@@H]3CC[C@@H](N)[C@H]2CC3)cc2nc(-c3cc4ccc(N(C(F)F)S(C)(=O)=O)nc4n3CC(F)(F)F)c(C)n12. The molecule has 2 aliphatic heterocycles. The maximum atomic E-state index is 13.9. The number of nitrogens with zero attached hydrogens (tertiary/aromatic N) is 6. The lowest BCUT2D eigenvalue weighted by Crippen LogP contribution is -2.53. The van der Waals surface area contributed by atoms with E-state index in [2.05, 4.69) is 9.97 Å². The number of aryl methyl sites for hydroxylation is 1. The van der Waals surface area contributed by atoms with Crippen LogP contribution < -0.4 is 14.8 Å². The smallest absolute Gasteiger partial charge is 0.406 e. The van der Waals surface area contributed by atoms with Crippen molar-refractivity contribution in [3.63, 3.8) is 0 Å². The van der Waals surface area contributed by atoms with Crippen LogP contribution in [-0.4, -0.2) is 82.4 Å². The number of sulfonamides is 1. The minimum Gasteiger partial charge on any atom is -0.482 e. The Kier molecular flexibility index (Phi) is 7.46. The molecule has 4 aromatic rings. The fourth-order valence-corrected chi connectivity index (χ4v) is 7.37. The van der Waals surface area contributed by atoms with Crippen LogP contribution >= 0.6 is 0 Å². The highest BCUT2D eigenvalue weighted by atomic mass is 32.2. The van der Waals surface area contributed by atoms with Crippen molar-refractivity contribution in [2.24, 2.45) is 5.73 Å². The molecule has 2 fully saturated rings. The van der Waals surface area contributed by atoms with Crippen LogP contribution in [0, 0.1) is 6.92 Å². The third-order valence-corrected chi connectivity index (χ3v) is 9.61. The van der Waals surface area contributed by atoms with E-state index in [1.54, 1.807) is 23.5 Å². The number of carbonyl (C=O) groups excluding carboxylic acids is 1. The number of halogens is 5. The lowest BCUT2D eigenvalue weighted by atomic mass is 9.97. The van der Waals surface area contributed by atoms with E-state index < -0.39 is 35.1 Å². The molecule has 17 heteroatoms. The zero-order chi connectivity index (χ0) is 32.6. The average molecular weight is 656 g/mol. The highest BCUT2D eigenvalue weighted by molar-refractivity contribution is 7.92. The summed E-state index contributed by atoms with van der Waals surface area (Å²) in [5.41, 5.74) is 6.88. The molecule has 0 spiro atoms. The number of fused-ring (bicyclic) bond motifs is 4. The van der Waals surface area contributed by atoms with Crippen LogP contribution in [0.2, 0.25) is 0 Å². The number of carbonyl (C=O) groups is 1. The van der Waals surface area contributed by atoms with Gasteiger partial charge in [0.2, 0.25) is 10.0 Å². The minimum absolute atomic E-state index is 0.0499. The number of nitrogens with two attached hydrogens (primary N) is 1. The Hall–Kier alpha value is -3.99. The summed E-state index contributed by atoms with van der Waals surface area (Å²) >= 11 is 0. The van der Waals surface area contributed by atoms with Crippen molar-refractivity contribution in [2.75, 3.05) is 17.7 Å².